The molecule has 0 unspecified atom stereocenters. The number of hydrogen-bond donors (Lipinski definition) is 2. The van der Waals surface area contributed by atoms with Crippen molar-refractivity contribution < 1.29 is 23.4 Å². The highest BCUT2D eigenvalue weighted by Gasteiger charge is 2.30. The van der Waals surface area contributed by atoms with Crippen LogP contribution in [0, 0.1) is 17.7 Å². The Bertz CT molecular complexity index is 1900. The summed E-state index contributed by atoms with van der Waals surface area (Å²) < 4.78 is 33.1. The van der Waals surface area contributed by atoms with Crippen LogP contribution in [-0.2, 0) is 4.79 Å². The van der Waals surface area contributed by atoms with Gasteiger partial charge in [-0.3, -0.25) is 4.79 Å². The fourth-order valence-corrected chi connectivity index (χ4v) is 4.55. The number of carbonyl (C=O) groups is 1. The fourth-order valence-electron chi connectivity index (χ4n) is 4.55. The molecule has 1 aliphatic heterocycles. The monoisotopic (exact) mass is 595 g/mol. The van der Waals surface area contributed by atoms with E-state index in [-0.39, 0.29) is 35.3 Å². The molecule has 0 spiro atoms. The lowest BCUT2D eigenvalue weighted by molar-refractivity contribution is -0.128. The van der Waals surface area contributed by atoms with Crippen LogP contribution in [0.5, 0.6) is 23.4 Å². The van der Waals surface area contributed by atoms with E-state index in [2.05, 4.69) is 47.5 Å². The third-order valence-electron chi connectivity index (χ3n) is 6.76. The van der Waals surface area contributed by atoms with Crippen molar-refractivity contribution in [3.05, 3.63) is 67.1 Å². The molecule has 0 atom stereocenters. The van der Waals surface area contributed by atoms with E-state index in [1.807, 2.05) is 6.07 Å². The van der Waals surface area contributed by atoms with Gasteiger partial charge in [0.15, 0.2) is 0 Å². The van der Waals surface area contributed by atoms with E-state index in [1.54, 1.807) is 61.8 Å². The summed E-state index contributed by atoms with van der Waals surface area (Å²) in [5.41, 5.74) is 2.09. The summed E-state index contributed by atoms with van der Waals surface area (Å²) in [7, 11) is 3.05. The van der Waals surface area contributed by atoms with Gasteiger partial charge >= 0.3 is 6.01 Å². The number of likely N-dealkylation sites (tertiary alicyclic amines) is 1. The van der Waals surface area contributed by atoms with Crippen LogP contribution in [0.2, 0.25) is 0 Å². The molecule has 0 saturated carbocycles. The minimum absolute atomic E-state index is 0.0194. The predicted molar refractivity (Wildman–Crippen MR) is 159 cm³/mol. The second-order valence-electron chi connectivity index (χ2n) is 9.61. The SMILES string of the molecule is CC#CC(=O)N1CC(Nc2cc3c(Nc4ccc(Oc5ccn(-c6cnc(OC)nc6)n5)cc4F)ncnc3cc2OC)C1. The molecular weight excluding hydrogens is 569 g/mol. The summed E-state index contributed by atoms with van der Waals surface area (Å²) in [5.74, 6) is 5.91. The number of aromatic nitrogens is 6. The molecular formula is C30H26FN9O4. The Labute approximate surface area is 251 Å². The molecule has 13 nitrogen and oxygen atoms in total. The maximum absolute atomic E-state index is 15.2. The highest BCUT2D eigenvalue weighted by atomic mass is 19.1. The van der Waals surface area contributed by atoms with Crippen molar-refractivity contribution >= 4 is 34.0 Å². The van der Waals surface area contributed by atoms with Crippen molar-refractivity contribution in [3.63, 3.8) is 0 Å². The van der Waals surface area contributed by atoms with Gasteiger partial charge in [0.2, 0.25) is 5.88 Å². The summed E-state index contributed by atoms with van der Waals surface area (Å²) in [6, 6.07) is 9.94. The zero-order valence-corrected chi connectivity index (χ0v) is 23.9. The van der Waals surface area contributed by atoms with Crippen LogP contribution in [0.25, 0.3) is 16.6 Å². The van der Waals surface area contributed by atoms with Crippen molar-refractivity contribution in [3.8, 4) is 40.9 Å². The molecule has 0 radical (unpaired) electrons. The zero-order valence-electron chi connectivity index (χ0n) is 23.9. The van der Waals surface area contributed by atoms with Gasteiger partial charge in [-0.1, -0.05) is 5.92 Å². The van der Waals surface area contributed by atoms with Crippen molar-refractivity contribution in [2.75, 3.05) is 37.9 Å². The number of ether oxygens (including phenoxy) is 3. The molecule has 2 N–H and O–H groups in total. The quantitative estimate of drug-likeness (QED) is 0.239. The van der Waals surface area contributed by atoms with Gasteiger partial charge in [-0.15, -0.1) is 5.10 Å². The average Bonchev–Trinajstić information content (AvgIpc) is 3.48. The van der Waals surface area contributed by atoms with E-state index in [4.69, 9.17) is 14.2 Å². The van der Waals surface area contributed by atoms with E-state index in [0.29, 0.717) is 46.9 Å². The highest BCUT2D eigenvalue weighted by Crippen LogP contribution is 2.35. The molecule has 14 heteroatoms. The number of carbonyl (C=O) groups excluding carboxylic acids is 1. The van der Waals surface area contributed by atoms with Crippen LogP contribution < -0.4 is 24.8 Å². The largest absolute Gasteiger partial charge is 0.495 e. The van der Waals surface area contributed by atoms with Crippen molar-refractivity contribution in [1.82, 2.24) is 34.6 Å². The Balaban J connectivity index is 1.17. The summed E-state index contributed by atoms with van der Waals surface area (Å²) in [6.07, 6.45) is 6.18. The van der Waals surface area contributed by atoms with Gasteiger partial charge in [0, 0.05) is 42.9 Å². The zero-order chi connectivity index (χ0) is 30.6. The Morgan fingerprint density at radius 2 is 1.84 bits per heavy atom. The first-order valence-electron chi connectivity index (χ1n) is 13.4. The molecule has 0 aliphatic carbocycles. The summed E-state index contributed by atoms with van der Waals surface area (Å²) in [5, 5.41) is 11.4. The summed E-state index contributed by atoms with van der Waals surface area (Å²) in [6.45, 7) is 2.66. The lowest BCUT2D eigenvalue weighted by atomic mass is 10.1. The molecule has 4 heterocycles. The lowest BCUT2D eigenvalue weighted by Crippen LogP contribution is -2.56. The summed E-state index contributed by atoms with van der Waals surface area (Å²) in [4.78, 5) is 30.5. The molecule has 5 aromatic rings. The number of fused-ring (bicyclic) bond motifs is 1. The minimum Gasteiger partial charge on any atom is -0.495 e. The van der Waals surface area contributed by atoms with Gasteiger partial charge in [0.25, 0.3) is 5.91 Å². The van der Waals surface area contributed by atoms with Crippen molar-refractivity contribution in [1.29, 1.82) is 0 Å². The predicted octanol–water partition coefficient (Wildman–Crippen LogP) is 3.94. The number of anilines is 3. The highest BCUT2D eigenvalue weighted by molar-refractivity contribution is 5.96. The normalized spacial score (nSPS) is 12.6. The minimum atomic E-state index is -0.557. The van der Waals surface area contributed by atoms with Crippen LogP contribution in [0.3, 0.4) is 0 Å². The molecule has 6 rings (SSSR count). The van der Waals surface area contributed by atoms with E-state index in [1.165, 1.54) is 24.2 Å². The van der Waals surface area contributed by atoms with Gasteiger partial charge in [-0.2, -0.15) is 0 Å². The molecule has 1 saturated heterocycles. The molecule has 3 aromatic heterocycles. The second kappa shape index (κ2) is 12.1. The maximum atomic E-state index is 15.2. The standard InChI is InChI=1S/C30H26FN9O4/c1-4-5-28(41)39-15-18(16-39)36-25-11-21-24(12-26(25)42-2)34-17-35-29(21)37-23-7-6-20(10-22(23)31)44-27-8-9-40(38-27)19-13-32-30(43-3)33-14-19/h6-14,17-18,36H,15-16H2,1-3H3,(H,34,35,37). The fraction of sp³-hybridized carbons (Fsp3) is 0.200. The first-order chi connectivity index (χ1) is 21.4. The van der Waals surface area contributed by atoms with E-state index < -0.39 is 5.82 Å². The molecule has 222 valence electrons. The molecule has 0 bridgehead atoms. The topological polar surface area (TPSA) is 141 Å². The van der Waals surface area contributed by atoms with E-state index in [0.717, 1.165) is 0 Å². The first-order valence-corrected chi connectivity index (χ1v) is 13.4. The molecule has 1 fully saturated rings. The molecule has 1 amide bonds. The number of methoxy groups -OCH3 is 2. The number of hydrogen-bond acceptors (Lipinski definition) is 11. The van der Waals surface area contributed by atoms with Crippen LogP contribution in [0.1, 0.15) is 6.92 Å². The van der Waals surface area contributed by atoms with Crippen LogP contribution in [0.15, 0.2) is 61.3 Å². The Morgan fingerprint density at radius 1 is 1.02 bits per heavy atom. The van der Waals surface area contributed by atoms with E-state index in [9.17, 15) is 4.79 Å². The number of nitrogens with one attached hydrogen (secondary N) is 2. The first kappa shape index (κ1) is 28.2. The third kappa shape index (κ3) is 5.84. The van der Waals surface area contributed by atoms with Crippen LogP contribution in [-0.4, -0.2) is 73.9 Å². The van der Waals surface area contributed by atoms with Crippen LogP contribution >= 0.6 is 0 Å². The van der Waals surface area contributed by atoms with Gasteiger partial charge in [-0.05, 0) is 31.0 Å². The summed E-state index contributed by atoms with van der Waals surface area (Å²) >= 11 is 0. The van der Waals surface area contributed by atoms with Crippen LogP contribution in [0.4, 0.5) is 21.6 Å². The lowest BCUT2D eigenvalue weighted by Gasteiger charge is -2.39. The smallest absolute Gasteiger partial charge is 0.316 e. The Hall–Kier alpha value is -5.97. The number of halogens is 1. The number of rotatable bonds is 9. The van der Waals surface area contributed by atoms with E-state index >= 15 is 4.39 Å². The van der Waals surface area contributed by atoms with Gasteiger partial charge in [-0.25, -0.2) is 29.0 Å². The number of nitrogens with zero attached hydrogens (tertiary/aromatic N) is 7. The maximum Gasteiger partial charge on any atom is 0.316 e. The molecule has 1 aliphatic rings. The molecule has 2 aromatic carbocycles. The van der Waals surface area contributed by atoms with Gasteiger partial charge < -0.3 is 29.7 Å². The number of amides is 1. The number of benzene rings is 2. The van der Waals surface area contributed by atoms with Crippen molar-refractivity contribution in [2.45, 2.75) is 13.0 Å². The van der Waals surface area contributed by atoms with Gasteiger partial charge in [0.05, 0.1) is 49.5 Å². The Morgan fingerprint density at radius 3 is 2.57 bits per heavy atom. The van der Waals surface area contributed by atoms with Crippen molar-refractivity contribution in [2.24, 2.45) is 0 Å². The Kier molecular flexibility index (Phi) is 7.75. The third-order valence-corrected chi connectivity index (χ3v) is 6.76. The molecule has 44 heavy (non-hydrogen) atoms. The van der Waals surface area contributed by atoms with Gasteiger partial charge in [0.1, 0.15) is 35.1 Å². The second-order valence-corrected chi connectivity index (χ2v) is 9.61. The average molecular weight is 596 g/mol.